The van der Waals surface area contributed by atoms with E-state index in [0.29, 0.717) is 21.3 Å². The van der Waals surface area contributed by atoms with E-state index in [9.17, 15) is 18.0 Å². The molecule has 0 aromatic heterocycles. The lowest BCUT2D eigenvalue weighted by atomic mass is 10.1. The molecule has 0 saturated carbocycles. The lowest BCUT2D eigenvalue weighted by Gasteiger charge is -2.34. The Bertz CT molecular complexity index is 1490. The summed E-state index contributed by atoms with van der Waals surface area (Å²) in [6.07, 6.45) is 0. The number of hydrogen-bond acceptors (Lipinski definition) is 4. The fourth-order valence-corrected chi connectivity index (χ4v) is 5.94. The van der Waals surface area contributed by atoms with Gasteiger partial charge in [0.05, 0.1) is 20.6 Å². The third kappa shape index (κ3) is 7.56. The molecule has 0 aliphatic rings. The molecule has 0 unspecified atom stereocenters. The van der Waals surface area contributed by atoms with Crippen molar-refractivity contribution in [2.24, 2.45) is 0 Å². The Balaban J connectivity index is 2.08. The van der Waals surface area contributed by atoms with E-state index in [2.05, 4.69) is 5.32 Å². The molecule has 1 atom stereocenters. The maximum absolute atomic E-state index is 14.0. The van der Waals surface area contributed by atoms with E-state index in [1.54, 1.807) is 55.5 Å². The number of halogens is 2. The van der Waals surface area contributed by atoms with Gasteiger partial charge in [-0.15, -0.1) is 0 Å². The lowest BCUT2D eigenvalue weighted by molar-refractivity contribution is -0.140. The smallest absolute Gasteiger partial charge is 0.264 e. The highest BCUT2D eigenvalue weighted by Gasteiger charge is 2.34. The first-order valence-electron chi connectivity index (χ1n) is 12.8. The van der Waals surface area contributed by atoms with E-state index in [4.69, 9.17) is 23.2 Å². The second kappa shape index (κ2) is 12.6. The van der Waals surface area contributed by atoms with E-state index < -0.39 is 34.1 Å². The van der Waals surface area contributed by atoms with Crippen molar-refractivity contribution in [2.75, 3.05) is 10.8 Å². The van der Waals surface area contributed by atoms with Gasteiger partial charge < -0.3 is 10.2 Å². The molecule has 0 spiro atoms. The lowest BCUT2D eigenvalue weighted by Crippen LogP contribution is -2.54. The van der Waals surface area contributed by atoms with Crippen LogP contribution in [0.2, 0.25) is 10.0 Å². The zero-order valence-electron chi connectivity index (χ0n) is 23.5. The van der Waals surface area contributed by atoms with Crippen LogP contribution in [0.1, 0.15) is 44.4 Å². The summed E-state index contributed by atoms with van der Waals surface area (Å²) in [6, 6.07) is 17.3. The molecule has 0 aliphatic carbocycles. The van der Waals surface area contributed by atoms with E-state index >= 15 is 0 Å². The third-order valence-electron chi connectivity index (χ3n) is 6.46. The van der Waals surface area contributed by atoms with Gasteiger partial charge in [0.2, 0.25) is 11.8 Å². The number of aryl methyl sites for hydroxylation is 1. The second-order valence-electron chi connectivity index (χ2n) is 10.7. The van der Waals surface area contributed by atoms with Gasteiger partial charge in [0.15, 0.2) is 0 Å². The molecular formula is C30H35Cl2N3O4S. The predicted octanol–water partition coefficient (Wildman–Crippen LogP) is 6.14. The standard InChI is InChI=1S/C30H35Cl2N3O4S/c1-20-11-10-14-27(21(20)2)35(40(38,39)24-12-8-7-9-13-24)19-28(36)34(22(3)29(37)33-30(4,5)6)18-23-15-16-25(31)26(32)17-23/h7-17,22H,18-19H2,1-6H3,(H,33,37)/t22-/m0/s1. The Hall–Kier alpha value is -3.07. The summed E-state index contributed by atoms with van der Waals surface area (Å²) >= 11 is 12.3. The highest BCUT2D eigenvalue weighted by molar-refractivity contribution is 7.92. The van der Waals surface area contributed by atoms with Crippen molar-refractivity contribution in [2.45, 2.75) is 64.6 Å². The van der Waals surface area contributed by atoms with Crippen LogP contribution in [-0.2, 0) is 26.2 Å². The molecule has 40 heavy (non-hydrogen) atoms. The maximum atomic E-state index is 14.0. The molecule has 0 heterocycles. The van der Waals surface area contributed by atoms with E-state index in [-0.39, 0.29) is 17.3 Å². The summed E-state index contributed by atoms with van der Waals surface area (Å²) < 4.78 is 29.0. The Morgan fingerprint density at radius 1 is 0.925 bits per heavy atom. The van der Waals surface area contributed by atoms with Crippen molar-refractivity contribution in [1.29, 1.82) is 0 Å². The number of nitrogens with one attached hydrogen (secondary N) is 1. The second-order valence-corrected chi connectivity index (χ2v) is 13.4. The van der Waals surface area contributed by atoms with Gasteiger partial charge in [-0.05, 0) is 88.6 Å². The van der Waals surface area contributed by atoms with Crippen molar-refractivity contribution >= 4 is 50.7 Å². The van der Waals surface area contributed by atoms with Crippen molar-refractivity contribution < 1.29 is 18.0 Å². The average Bonchev–Trinajstić information content (AvgIpc) is 2.88. The van der Waals surface area contributed by atoms with Crippen LogP contribution in [0.15, 0.2) is 71.6 Å². The number of anilines is 1. The predicted molar refractivity (Wildman–Crippen MR) is 161 cm³/mol. The number of rotatable bonds is 9. The zero-order chi connectivity index (χ0) is 29.8. The number of carbonyl (C=O) groups is 2. The van der Waals surface area contributed by atoms with Gasteiger partial charge in [0.25, 0.3) is 10.0 Å². The summed E-state index contributed by atoms with van der Waals surface area (Å²) in [6.45, 7) is 10.3. The molecule has 3 aromatic rings. The van der Waals surface area contributed by atoms with Crippen LogP contribution in [0.25, 0.3) is 0 Å². The minimum absolute atomic E-state index is 0.0144. The summed E-state index contributed by atoms with van der Waals surface area (Å²) in [4.78, 5) is 28.7. The molecule has 0 aliphatic heterocycles. The van der Waals surface area contributed by atoms with Gasteiger partial charge in [-0.25, -0.2) is 8.42 Å². The first-order chi connectivity index (χ1) is 18.6. The highest BCUT2D eigenvalue weighted by atomic mass is 35.5. The Labute approximate surface area is 247 Å². The Morgan fingerprint density at radius 2 is 1.57 bits per heavy atom. The van der Waals surface area contributed by atoms with Gasteiger partial charge in [-0.3, -0.25) is 13.9 Å². The summed E-state index contributed by atoms with van der Waals surface area (Å²) in [5, 5.41) is 3.57. The molecule has 2 amide bonds. The molecule has 7 nitrogen and oxygen atoms in total. The van der Waals surface area contributed by atoms with Crippen LogP contribution >= 0.6 is 23.2 Å². The number of nitrogens with zero attached hydrogens (tertiary/aromatic N) is 2. The van der Waals surface area contributed by atoms with Crippen molar-refractivity contribution in [3.63, 3.8) is 0 Å². The first kappa shape index (κ1) is 31.5. The van der Waals surface area contributed by atoms with Crippen LogP contribution in [0.5, 0.6) is 0 Å². The fourth-order valence-electron chi connectivity index (χ4n) is 4.13. The van der Waals surface area contributed by atoms with Crippen LogP contribution in [0.4, 0.5) is 5.69 Å². The van der Waals surface area contributed by atoms with E-state index in [1.165, 1.54) is 17.0 Å². The van der Waals surface area contributed by atoms with Crippen LogP contribution in [-0.4, -0.2) is 43.3 Å². The normalized spacial score (nSPS) is 12.5. The molecule has 0 radical (unpaired) electrons. The van der Waals surface area contributed by atoms with Gasteiger partial charge >= 0.3 is 0 Å². The monoisotopic (exact) mass is 603 g/mol. The van der Waals surface area contributed by atoms with Crippen LogP contribution in [0, 0.1) is 13.8 Å². The highest BCUT2D eigenvalue weighted by Crippen LogP contribution is 2.29. The van der Waals surface area contributed by atoms with Gasteiger partial charge in [-0.1, -0.05) is 59.6 Å². The quantitative estimate of drug-likeness (QED) is 0.318. The van der Waals surface area contributed by atoms with Crippen molar-refractivity contribution in [3.05, 3.63) is 93.5 Å². The van der Waals surface area contributed by atoms with Gasteiger partial charge in [0.1, 0.15) is 12.6 Å². The van der Waals surface area contributed by atoms with Crippen LogP contribution in [0.3, 0.4) is 0 Å². The minimum Gasteiger partial charge on any atom is -0.350 e. The first-order valence-corrected chi connectivity index (χ1v) is 15.0. The SMILES string of the molecule is Cc1cccc(N(CC(=O)N(Cc2ccc(Cl)c(Cl)c2)[C@@H](C)C(=O)NC(C)(C)C)S(=O)(=O)c2ccccc2)c1C. The number of carbonyl (C=O) groups excluding carboxylic acids is 2. The molecule has 0 saturated heterocycles. The molecular weight excluding hydrogens is 569 g/mol. The average molecular weight is 605 g/mol. The van der Waals surface area contributed by atoms with Crippen molar-refractivity contribution in [3.8, 4) is 0 Å². The third-order valence-corrected chi connectivity index (χ3v) is 8.97. The molecule has 10 heteroatoms. The Morgan fingerprint density at radius 3 is 2.17 bits per heavy atom. The van der Waals surface area contributed by atoms with E-state index in [1.807, 2.05) is 40.7 Å². The molecule has 3 rings (SSSR count). The number of sulfonamides is 1. The maximum Gasteiger partial charge on any atom is 0.264 e. The largest absolute Gasteiger partial charge is 0.350 e. The summed E-state index contributed by atoms with van der Waals surface area (Å²) in [5.74, 6) is -0.923. The molecule has 0 fully saturated rings. The van der Waals surface area contributed by atoms with Gasteiger partial charge in [-0.2, -0.15) is 0 Å². The van der Waals surface area contributed by atoms with Crippen LogP contribution < -0.4 is 9.62 Å². The number of amides is 2. The summed E-state index contributed by atoms with van der Waals surface area (Å²) in [5.41, 5.74) is 2.10. The topological polar surface area (TPSA) is 86.8 Å². The molecule has 214 valence electrons. The molecule has 1 N–H and O–H groups in total. The van der Waals surface area contributed by atoms with E-state index in [0.717, 1.165) is 15.4 Å². The molecule has 3 aromatic carbocycles. The summed E-state index contributed by atoms with van der Waals surface area (Å²) in [7, 11) is -4.14. The number of hydrogen-bond donors (Lipinski definition) is 1. The number of benzene rings is 3. The van der Waals surface area contributed by atoms with Crippen molar-refractivity contribution in [1.82, 2.24) is 10.2 Å². The minimum atomic E-state index is -4.14. The fraction of sp³-hybridized carbons (Fsp3) is 0.333. The molecule has 0 bridgehead atoms. The zero-order valence-corrected chi connectivity index (χ0v) is 25.9. The Kier molecular flexibility index (Phi) is 9.93. The van der Waals surface area contributed by atoms with Gasteiger partial charge in [0, 0.05) is 12.1 Å².